The molecule has 2 aromatic heterocycles. The molecule has 1 aromatic carbocycles. The second kappa shape index (κ2) is 8.79. The number of rotatable bonds is 7. The Labute approximate surface area is 158 Å². The van der Waals surface area contributed by atoms with Gasteiger partial charge >= 0.3 is 0 Å². The molecule has 2 heterocycles. The number of nitrogens with one attached hydrogen (secondary N) is 2. The molecule has 0 radical (unpaired) electrons. The summed E-state index contributed by atoms with van der Waals surface area (Å²) in [5, 5.41) is 14.6. The Morgan fingerprint density at radius 1 is 1.26 bits per heavy atom. The summed E-state index contributed by atoms with van der Waals surface area (Å²) in [6.45, 7) is 7.13. The fourth-order valence-corrected chi connectivity index (χ4v) is 2.36. The van der Waals surface area contributed by atoms with Gasteiger partial charge < -0.3 is 19.6 Å². The van der Waals surface area contributed by atoms with E-state index in [4.69, 9.17) is 4.42 Å². The molecular formula is C19H23N7O. The van der Waals surface area contributed by atoms with E-state index in [1.807, 2.05) is 48.9 Å². The van der Waals surface area contributed by atoms with E-state index in [0.29, 0.717) is 31.5 Å². The highest BCUT2D eigenvalue weighted by molar-refractivity contribution is 5.79. The molecule has 0 bridgehead atoms. The van der Waals surface area contributed by atoms with Gasteiger partial charge in [-0.05, 0) is 19.1 Å². The summed E-state index contributed by atoms with van der Waals surface area (Å²) in [6, 6.07) is 9.78. The van der Waals surface area contributed by atoms with Gasteiger partial charge in [0.15, 0.2) is 11.8 Å². The van der Waals surface area contributed by atoms with Crippen LogP contribution in [-0.4, -0.2) is 32.3 Å². The minimum absolute atomic E-state index is 0.390. The number of guanidine groups is 1. The molecule has 8 heteroatoms. The van der Waals surface area contributed by atoms with Crippen LogP contribution >= 0.6 is 0 Å². The molecule has 0 saturated heterocycles. The Hall–Kier alpha value is -3.42. The van der Waals surface area contributed by atoms with E-state index in [2.05, 4.69) is 37.4 Å². The van der Waals surface area contributed by atoms with Crippen molar-refractivity contribution in [2.45, 2.75) is 20.0 Å². The van der Waals surface area contributed by atoms with Gasteiger partial charge in [-0.1, -0.05) is 24.3 Å². The number of aromatic nitrogens is 4. The molecular weight excluding hydrogens is 342 g/mol. The first-order chi connectivity index (χ1) is 13.2. The van der Waals surface area contributed by atoms with Gasteiger partial charge in [-0.25, -0.2) is 9.98 Å². The Kier molecular flexibility index (Phi) is 5.98. The molecule has 0 fully saturated rings. The monoisotopic (exact) mass is 365 g/mol. The number of nitrogens with zero attached hydrogens (tertiary/aromatic N) is 5. The molecule has 8 nitrogen and oxygen atoms in total. The van der Waals surface area contributed by atoms with E-state index < -0.39 is 0 Å². The van der Waals surface area contributed by atoms with Gasteiger partial charge in [-0.3, -0.25) is 0 Å². The van der Waals surface area contributed by atoms with Crippen LogP contribution in [0.3, 0.4) is 0 Å². The fraction of sp³-hybridized carbons (Fsp3) is 0.263. The van der Waals surface area contributed by atoms with Crippen molar-refractivity contribution < 1.29 is 4.42 Å². The van der Waals surface area contributed by atoms with E-state index >= 15 is 0 Å². The number of oxazole rings is 1. The van der Waals surface area contributed by atoms with Crippen molar-refractivity contribution in [2.75, 3.05) is 6.54 Å². The lowest BCUT2D eigenvalue weighted by molar-refractivity contribution is 0.572. The van der Waals surface area contributed by atoms with E-state index in [1.54, 1.807) is 12.3 Å². The summed E-state index contributed by atoms with van der Waals surface area (Å²) < 4.78 is 7.49. The molecule has 0 unspecified atom stereocenters. The fourth-order valence-electron chi connectivity index (χ4n) is 2.36. The standard InChI is InChI=1S/C19H23N7O/c1-4-10-20-19(22-12-17-25-24-14(2)26(17)3)21-11-16-13-27-18(23-16)15-8-6-5-7-9-15/h4-9,13H,1,10-12H2,2-3H3,(H2,20,21,22). The Bertz CT molecular complexity index is 911. The predicted molar refractivity (Wildman–Crippen MR) is 104 cm³/mol. The molecule has 2 N–H and O–H groups in total. The van der Waals surface area contributed by atoms with E-state index in [1.165, 1.54) is 0 Å². The molecule has 3 rings (SSSR count). The second-order valence-electron chi connectivity index (χ2n) is 5.92. The quantitative estimate of drug-likeness (QED) is 0.379. The highest BCUT2D eigenvalue weighted by Gasteiger charge is 2.08. The first-order valence-electron chi connectivity index (χ1n) is 8.65. The van der Waals surface area contributed by atoms with E-state index in [-0.39, 0.29) is 0 Å². The van der Waals surface area contributed by atoms with Crippen molar-refractivity contribution in [3.8, 4) is 11.5 Å². The zero-order valence-corrected chi connectivity index (χ0v) is 15.5. The zero-order valence-electron chi connectivity index (χ0n) is 15.5. The number of hydrogen-bond donors (Lipinski definition) is 2. The van der Waals surface area contributed by atoms with Crippen molar-refractivity contribution in [3.63, 3.8) is 0 Å². The van der Waals surface area contributed by atoms with Gasteiger partial charge in [-0.15, -0.1) is 16.8 Å². The van der Waals surface area contributed by atoms with E-state index in [0.717, 1.165) is 22.9 Å². The molecule has 0 amide bonds. The summed E-state index contributed by atoms with van der Waals surface area (Å²) in [5.74, 6) is 2.91. The van der Waals surface area contributed by atoms with Crippen LogP contribution in [-0.2, 0) is 20.1 Å². The summed E-state index contributed by atoms with van der Waals surface area (Å²) in [5.41, 5.74) is 1.69. The maximum atomic E-state index is 5.55. The second-order valence-corrected chi connectivity index (χ2v) is 5.92. The zero-order chi connectivity index (χ0) is 19.1. The number of hydrogen-bond acceptors (Lipinski definition) is 5. The van der Waals surface area contributed by atoms with Gasteiger partial charge in [0.05, 0.1) is 13.1 Å². The van der Waals surface area contributed by atoms with Crippen LogP contribution < -0.4 is 10.6 Å². The van der Waals surface area contributed by atoms with Crippen molar-refractivity contribution in [2.24, 2.45) is 12.0 Å². The molecule has 0 aliphatic rings. The summed E-state index contributed by atoms with van der Waals surface area (Å²) in [6.07, 6.45) is 3.40. The average Bonchev–Trinajstić information content (AvgIpc) is 3.30. The van der Waals surface area contributed by atoms with Gasteiger partial charge in [0.25, 0.3) is 0 Å². The minimum atomic E-state index is 0.390. The first-order valence-corrected chi connectivity index (χ1v) is 8.65. The lowest BCUT2D eigenvalue weighted by atomic mass is 10.2. The molecule has 0 aliphatic carbocycles. The van der Waals surface area contributed by atoms with Crippen molar-refractivity contribution >= 4 is 5.96 Å². The predicted octanol–water partition coefficient (Wildman–Crippen LogP) is 2.20. The number of benzene rings is 1. The minimum Gasteiger partial charge on any atom is -0.444 e. The highest BCUT2D eigenvalue weighted by Crippen LogP contribution is 2.18. The van der Waals surface area contributed by atoms with E-state index in [9.17, 15) is 0 Å². The van der Waals surface area contributed by atoms with Crippen LogP contribution in [0.15, 0.2) is 58.7 Å². The smallest absolute Gasteiger partial charge is 0.226 e. The third-order valence-corrected chi connectivity index (χ3v) is 3.98. The molecule has 0 saturated carbocycles. The molecule has 27 heavy (non-hydrogen) atoms. The van der Waals surface area contributed by atoms with Crippen LogP contribution in [0.1, 0.15) is 17.3 Å². The maximum absolute atomic E-state index is 5.55. The Morgan fingerprint density at radius 3 is 2.78 bits per heavy atom. The van der Waals surface area contributed by atoms with Gasteiger partial charge in [0.1, 0.15) is 17.8 Å². The average molecular weight is 365 g/mol. The van der Waals surface area contributed by atoms with Gasteiger partial charge in [0, 0.05) is 19.2 Å². The van der Waals surface area contributed by atoms with Crippen molar-refractivity contribution in [1.29, 1.82) is 0 Å². The lowest BCUT2D eigenvalue weighted by Crippen LogP contribution is -2.37. The van der Waals surface area contributed by atoms with Gasteiger partial charge in [-0.2, -0.15) is 0 Å². The lowest BCUT2D eigenvalue weighted by Gasteiger charge is -2.10. The Morgan fingerprint density at radius 2 is 2.07 bits per heavy atom. The molecule has 0 atom stereocenters. The summed E-state index contributed by atoms with van der Waals surface area (Å²) >= 11 is 0. The topological polar surface area (TPSA) is 93.2 Å². The normalized spacial score (nSPS) is 11.4. The summed E-state index contributed by atoms with van der Waals surface area (Å²) in [7, 11) is 1.93. The number of aryl methyl sites for hydroxylation is 1. The van der Waals surface area contributed by atoms with Crippen LogP contribution in [0.25, 0.3) is 11.5 Å². The molecule has 0 aliphatic heterocycles. The largest absolute Gasteiger partial charge is 0.444 e. The molecule has 3 aromatic rings. The van der Waals surface area contributed by atoms with Crippen molar-refractivity contribution in [1.82, 2.24) is 30.4 Å². The molecule has 0 spiro atoms. The SMILES string of the molecule is C=CCNC(=NCc1coc(-c2ccccc2)n1)NCc1nnc(C)n1C. The third kappa shape index (κ3) is 4.81. The maximum Gasteiger partial charge on any atom is 0.226 e. The Balaban J connectivity index is 1.65. The van der Waals surface area contributed by atoms with Gasteiger partial charge in [0.2, 0.25) is 5.89 Å². The molecule has 140 valence electrons. The first kappa shape index (κ1) is 18.4. The van der Waals surface area contributed by atoms with Crippen LogP contribution in [0.4, 0.5) is 0 Å². The highest BCUT2D eigenvalue weighted by atomic mass is 16.3. The van der Waals surface area contributed by atoms with Crippen LogP contribution in [0, 0.1) is 6.92 Å². The van der Waals surface area contributed by atoms with Crippen LogP contribution in [0.5, 0.6) is 0 Å². The van der Waals surface area contributed by atoms with Crippen LogP contribution in [0.2, 0.25) is 0 Å². The third-order valence-electron chi connectivity index (χ3n) is 3.98. The van der Waals surface area contributed by atoms with Crippen molar-refractivity contribution in [3.05, 3.63) is 66.6 Å². The number of aliphatic imine (C=N–C) groups is 1. The summed E-state index contributed by atoms with van der Waals surface area (Å²) in [4.78, 5) is 9.05.